The van der Waals surface area contributed by atoms with E-state index in [4.69, 9.17) is 0 Å². The quantitative estimate of drug-likeness (QED) is 0.0579. The summed E-state index contributed by atoms with van der Waals surface area (Å²) in [5, 5.41) is 5.51. The van der Waals surface area contributed by atoms with Crippen molar-refractivity contribution in [2.75, 3.05) is 13.1 Å². The number of carbonyl (C=O) groups excluding carboxylic acids is 2. The van der Waals surface area contributed by atoms with Crippen LogP contribution in [0.5, 0.6) is 0 Å². The van der Waals surface area contributed by atoms with Gasteiger partial charge in [-0.3, -0.25) is 9.59 Å². The molecule has 0 bridgehead atoms. The van der Waals surface area contributed by atoms with Crippen LogP contribution in [0, 0.1) is 23.3 Å². The fourth-order valence-corrected chi connectivity index (χ4v) is 13.1. The van der Waals surface area contributed by atoms with Crippen molar-refractivity contribution in [2.45, 2.75) is 184 Å². The lowest BCUT2D eigenvalue weighted by molar-refractivity contribution is -0.124. The van der Waals surface area contributed by atoms with Gasteiger partial charge >= 0.3 is 0 Å². The number of fused-ring (bicyclic) bond motifs is 3. The van der Waals surface area contributed by atoms with Gasteiger partial charge in [0.2, 0.25) is 0 Å². The maximum atomic E-state index is 15.4. The number of thiophene rings is 3. The molecular formula is C56H78N2O2S4. The second-order valence-corrected chi connectivity index (χ2v) is 22.2. The summed E-state index contributed by atoms with van der Waals surface area (Å²) in [6.07, 6.45) is 20.2. The van der Waals surface area contributed by atoms with E-state index in [0.29, 0.717) is 42.0 Å². The highest BCUT2D eigenvalue weighted by atomic mass is 32.1. The number of carbonyl (C=O) groups is 2. The number of nitrogens with zero attached hydrogens (tertiary/aromatic N) is 2. The van der Waals surface area contributed by atoms with E-state index in [0.717, 1.165) is 71.5 Å². The molecule has 8 heteroatoms. The highest BCUT2D eigenvalue weighted by Crippen LogP contribution is 2.51. The zero-order chi connectivity index (χ0) is 46.2. The Bertz CT molecular complexity index is 2230. The highest BCUT2D eigenvalue weighted by molar-refractivity contribution is 7.26. The normalized spacial score (nSPS) is 14.7. The summed E-state index contributed by atoms with van der Waals surface area (Å²) in [5.41, 5.74) is 2.99. The second kappa shape index (κ2) is 26.2. The van der Waals surface area contributed by atoms with Gasteiger partial charge in [0.05, 0.1) is 37.0 Å². The molecule has 7 rings (SSSR count). The molecule has 1 aromatic carbocycles. The molecule has 0 aliphatic carbocycles. The van der Waals surface area contributed by atoms with Crippen molar-refractivity contribution in [3.63, 3.8) is 0 Å². The zero-order valence-corrected chi connectivity index (χ0v) is 44.3. The number of hydrogen-bond donors (Lipinski definition) is 0. The molecule has 2 aliphatic rings. The Morgan fingerprint density at radius 3 is 1.69 bits per heavy atom. The predicted octanol–water partition coefficient (Wildman–Crippen LogP) is 18.4. The van der Waals surface area contributed by atoms with Crippen molar-refractivity contribution in [3.8, 4) is 9.75 Å². The fourth-order valence-electron chi connectivity index (χ4n) is 9.12. The summed E-state index contributed by atoms with van der Waals surface area (Å²) in [5.74, 6) is 1.20. The lowest BCUT2D eigenvalue weighted by atomic mass is 9.93. The summed E-state index contributed by atoms with van der Waals surface area (Å²) in [7, 11) is 0. The molecular weight excluding hydrogens is 861 g/mol. The van der Waals surface area contributed by atoms with E-state index < -0.39 is 0 Å². The van der Waals surface area contributed by atoms with Gasteiger partial charge in [0.25, 0.3) is 11.8 Å². The Labute approximate surface area is 404 Å². The van der Waals surface area contributed by atoms with Crippen LogP contribution in [0.3, 0.4) is 0 Å². The molecule has 4 nitrogen and oxygen atoms in total. The van der Waals surface area contributed by atoms with Crippen LogP contribution in [-0.2, 0) is 9.59 Å². The Morgan fingerprint density at radius 1 is 0.547 bits per heavy atom. The number of rotatable bonds is 24. The van der Waals surface area contributed by atoms with Crippen LogP contribution in [0.1, 0.15) is 199 Å². The lowest BCUT2D eigenvalue weighted by Crippen LogP contribution is -2.34. The van der Waals surface area contributed by atoms with Gasteiger partial charge in [0.1, 0.15) is 0 Å². The fraction of sp³-hybridized carbons (Fsp3) is 0.571. The summed E-state index contributed by atoms with van der Waals surface area (Å²) >= 11 is 6.91. The topological polar surface area (TPSA) is 40.6 Å². The largest absolute Gasteiger partial charge is 0.306 e. The van der Waals surface area contributed by atoms with Crippen LogP contribution >= 0.6 is 45.3 Å². The monoisotopic (exact) mass is 938 g/mol. The Balaban J connectivity index is 0.00000148. The van der Waals surface area contributed by atoms with Gasteiger partial charge in [-0.05, 0) is 103 Å². The predicted molar refractivity (Wildman–Crippen MR) is 285 cm³/mol. The third-order valence-electron chi connectivity index (χ3n) is 12.4. The maximum Gasteiger partial charge on any atom is 0.261 e. The third kappa shape index (κ3) is 12.6. The summed E-state index contributed by atoms with van der Waals surface area (Å²) in [6.45, 7) is 23.1. The van der Waals surface area contributed by atoms with Gasteiger partial charge in [-0.1, -0.05) is 164 Å². The number of amides is 2. The van der Waals surface area contributed by atoms with E-state index in [1.807, 2.05) is 18.7 Å². The molecule has 2 atom stereocenters. The van der Waals surface area contributed by atoms with Crippen molar-refractivity contribution in [3.05, 3.63) is 79.7 Å². The first kappa shape index (κ1) is 51.8. The summed E-state index contributed by atoms with van der Waals surface area (Å²) < 4.78 is 2.45. The van der Waals surface area contributed by atoms with Crippen molar-refractivity contribution in [1.82, 2.24) is 9.80 Å². The highest BCUT2D eigenvalue weighted by Gasteiger charge is 2.50. The molecule has 2 aliphatic heterocycles. The SMILES string of the molecule is CC.CCC.CCCCCCCCC(CCCCC)CN1C(=O)C2=C(c3ccc(-c4cc5cc6sc#cc6cc5s4)s3)N(CC(CCC)CCCC)C(=O)C2=C1c1ccc(C(C)C)s1. The average molecular weight is 940 g/mol. The van der Waals surface area contributed by atoms with Gasteiger partial charge in [-0.2, -0.15) is 0 Å². The van der Waals surface area contributed by atoms with Crippen molar-refractivity contribution in [2.24, 2.45) is 11.8 Å². The van der Waals surface area contributed by atoms with Crippen LogP contribution in [0.25, 0.3) is 41.3 Å². The average Bonchev–Trinajstić information content (AvgIpc) is 4.16. The molecule has 5 aromatic rings. The molecule has 4 aromatic heterocycles. The number of benzene rings is 1. The molecule has 2 unspecified atom stereocenters. The third-order valence-corrected chi connectivity index (χ3v) is 16.9. The molecule has 0 spiro atoms. The number of unbranched alkanes of at least 4 members (excludes halogenated alkanes) is 8. The van der Waals surface area contributed by atoms with E-state index in [9.17, 15) is 0 Å². The molecule has 0 N–H and O–H groups in total. The lowest BCUT2D eigenvalue weighted by Gasteiger charge is -2.29. The van der Waals surface area contributed by atoms with Crippen LogP contribution in [-0.4, -0.2) is 34.7 Å². The molecule has 348 valence electrons. The minimum absolute atomic E-state index is 0.0151. The first-order valence-corrected chi connectivity index (χ1v) is 28.5. The van der Waals surface area contributed by atoms with Crippen molar-refractivity contribution >= 4 is 88.7 Å². The van der Waals surface area contributed by atoms with Crippen molar-refractivity contribution in [1.29, 1.82) is 0 Å². The van der Waals surface area contributed by atoms with E-state index >= 15 is 9.59 Å². The minimum Gasteiger partial charge on any atom is -0.306 e. The van der Waals surface area contributed by atoms with Gasteiger partial charge in [-0.15, -0.1) is 34.0 Å². The minimum atomic E-state index is 0.0151. The van der Waals surface area contributed by atoms with Crippen LogP contribution in [0.4, 0.5) is 0 Å². The molecule has 0 saturated heterocycles. The molecule has 0 radical (unpaired) electrons. The van der Waals surface area contributed by atoms with E-state index in [2.05, 4.69) is 114 Å². The van der Waals surface area contributed by atoms with Crippen LogP contribution < -0.4 is 0 Å². The molecule has 2 amide bonds. The Kier molecular flexibility index (Phi) is 21.2. The Morgan fingerprint density at radius 2 is 1.08 bits per heavy atom. The van der Waals surface area contributed by atoms with Gasteiger partial charge < -0.3 is 9.80 Å². The first-order chi connectivity index (χ1) is 31.2. The van der Waals surface area contributed by atoms with Gasteiger partial charge in [-0.25, -0.2) is 0 Å². The standard InChI is InChI=1S/C51H64N2O2S4.C3H8.C2H6/c1-7-11-14-15-16-18-22-36(21-17-12-8-2)33-53-48(41-25-23-39(57-41)34(5)6)46-47(51(53)55)49(52(50(46)54)32-35(19-10-4)20-13-9-3)42-26-24-40(58-42)45-31-38-30-43-37(27-28-56-43)29-44(38)59-45;1-3-2;1-2/h23-26,29-31,34-36H,7-22,32-33H2,1-6H3;3H2,1-2H3;1-2H3. The van der Waals surface area contributed by atoms with Crippen LogP contribution in [0.15, 0.2) is 53.6 Å². The molecule has 6 heterocycles. The van der Waals surface area contributed by atoms with Crippen molar-refractivity contribution < 1.29 is 9.59 Å². The van der Waals surface area contributed by atoms with E-state index in [-0.39, 0.29) is 11.8 Å². The molecule has 64 heavy (non-hydrogen) atoms. The smallest absolute Gasteiger partial charge is 0.261 e. The maximum absolute atomic E-state index is 15.4. The summed E-state index contributed by atoms with van der Waals surface area (Å²) in [6, 6.07) is 18.8. The zero-order valence-electron chi connectivity index (χ0n) is 41.1. The van der Waals surface area contributed by atoms with Crippen LogP contribution in [0.2, 0.25) is 0 Å². The first-order valence-electron chi connectivity index (χ1n) is 25.3. The summed E-state index contributed by atoms with van der Waals surface area (Å²) in [4.78, 5) is 40.6. The van der Waals surface area contributed by atoms with Gasteiger partial charge in [0, 0.05) is 37.8 Å². The second-order valence-electron chi connectivity index (χ2n) is 18.0. The molecule has 0 saturated carbocycles. The van der Waals surface area contributed by atoms with E-state index in [1.54, 1.807) is 45.3 Å². The Hall–Kier alpha value is -3.22. The number of hydrogen-bond acceptors (Lipinski definition) is 6. The van der Waals surface area contributed by atoms with E-state index in [1.165, 1.54) is 93.6 Å². The van der Waals surface area contributed by atoms with Gasteiger partial charge in [0.15, 0.2) is 0 Å². The molecule has 0 fully saturated rings.